The molecule has 4 rings (SSSR count). The van der Waals surface area contributed by atoms with E-state index in [0.29, 0.717) is 11.8 Å². The molecule has 0 aromatic heterocycles. The largest absolute Gasteiger partial charge is 0.459 e. The first-order valence-electron chi connectivity index (χ1n) is 7.03. The van der Waals surface area contributed by atoms with Crippen molar-refractivity contribution in [3.05, 3.63) is 0 Å². The van der Waals surface area contributed by atoms with E-state index in [4.69, 9.17) is 16.3 Å². The number of carbonyl (C=O) groups excluding carboxylic acids is 3. The highest BCUT2D eigenvalue weighted by Crippen LogP contribution is 2.52. The Hall–Kier alpha value is -1.10. The Morgan fingerprint density at radius 2 is 1.95 bits per heavy atom. The van der Waals surface area contributed by atoms with Crippen molar-refractivity contribution in [3.8, 4) is 0 Å². The molecule has 20 heavy (non-hydrogen) atoms. The molecule has 5 unspecified atom stereocenters. The van der Waals surface area contributed by atoms with E-state index in [1.807, 2.05) is 0 Å². The van der Waals surface area contributed by atoms with Crippen LogP contribution in [0.25, 0.3) is 0 Å². The van der Waals surface area contributed by atoms with Gasteiger partial charge in [0.1, 0.15) is 17.8 Å². The summed E-state index contributed by atoms with van der Waals surface area (Å²) in [7, 11) is 0. The van der Waals surface area contributed by atoms with Gasteiger partial charge >= 0.3 is 11.9 Å². The number of esters is 2. The van der Waals surface area contributed by atoms with Crippen LogP contribution in [0.5, 0.6) is 0 Å². The van der Waals surface area contributed by atoms with Crippen molar-refractivity contribution in [1.29, 1.82) is 0 Å². The third-order valence-electron chi connectivity index (χ3n) is 4.79. The van der Waals surface area contributed by atoms with Crippen LogP contribution in [0.1, 0.15) is 25.7 Å². The molecule has 6 heteroatoms. The van der Waals surface area contributed by atoms with E-state index in [-0.39, 0.29) is 29.6 Å². The average Bonchev–Trinajstić information content (AvgIpc) is 2.44. The molecule has 0 N–H and O–H groups in total. The highest BCUT2D eigenvalue weighted by atomic mass is 35.5. The van der Waals surface area contributed by atoms with Crippen LogP contribution in [0.4, 0.5) is 0 Å². The maximum Gasteiger partial charge on any atom is 0.344 e. The van der Waals surface area contributed by atoms with Crippen molar-refractivity contribution in [2.24, 2.45) is 23.7 Å². The number of ketones is 1. The number of hydrogen-bond acceptors (Lipinski definition) is 5. The minimum Gasteiger partial charge on any atom is -0.459 e. The number of hydrogen-bond donors (Lipinski definition) is 0. The normalized spacial score (nSPS) is 37.9. The zero-order valence-corrected chi connectivity index (χ0v) is 11.8. The topological polar surface area (TPSA) is 69.7 Å². The monoisotopic (exact) mass is 300 g/mol. The second kappa shape index (κ2) is 5.35. The first-order valence-corrected chi connectivity index (χ1v) is 7.56. The summed E-state index contributed by atoms with van der Waals surface area (Å²) in [5.74, 6) is -0.316. The minimum absolute atomic E-state index is 0.140. The van der Waals surface area contributed by atoms with Crippen LogP contribution in [0, 0.1) is 23.7 Å². The van der Waals surface area contributed by atoms with Gasteiger partial charge in [0.05, 0.1) is 5.92 Å². The number of Topliss-reactive ketones (excluding diaryl/α,β-unsaturated/α-hetero) is 1. The van der Waals surface area contributed by atoms with E-state index in [0.717, 1.165) is 25.7 Å². The van der Waals surface area contributed by atoms with Crippen LogP contribution in [0.2, 0.25) is 0 Å². The van der Waals surface area contributed by atoms with Crippen molar-refractivity contribution < 1.29 is 23.9 Å². The van der Waals surface area contributed by atoms with Gasteiger partial charge in [-0.1, -0.05) is 0 Å². The lowest BCUT2D eigenvalue weighted by Gasteiger charge is -2.52. The lowest BCUT2D eigenvalue weighted by molar-refractivity contribution is -0.180. The highest BCUT2D eigenvalue weighted by molar-refractivity contribution is 6.26. The van der Waals surface area contributed by atoms with Gasteiger partial charge in [-0.15, -0.1) is 11.6 Å². The highest BCUT2D eigenvalue weighted by Gasteiger charge is 2.54. The summed E-state index contributed by atoms with van der Waals surface area (Å²) in [6, 6.07) is 0. The maximum atomic E-state index is 12.2. The average molecular weight is 301 g/mol. The molecule has 0 aromatic carbocycles. The summed E-state index contributed by atoms with van der Waals surface area (Å²) in [6.45, 7) is -0.428. The van der Waals surface area contributed by atoms with Crippen molar-refractivity contribution in [3.63, 3.8) is 0 Å². The van der Waals surface area contributed by atoms with Crippen LogP contribution in [0.3, 0.4) is 0 Å². The predicted octanol–water partition coefficient (Wildman–Crippen LogP) is 1.32. The second-order valence-electron chi connectivity index (χ2n) is 6.02. The standard InChI is InChI=1S/C14H17ClO5/c15-5-11(16)19-6-12(17)20-14-9-2-7-1-8(4-9)13(18)10(14)3-7/h7-10,14H,1-6H2. The van der Waals surface area contributed by atoms with Gasteiger partial charge in [-0.05, 0) is 37.5 Å². The van der Waals surface area contributed by atoms with E-state index in [2.05, 4.69) is 4.74 Å². The third kappa shape index (κ3) is 2.43. The predicted molar refractivity (Wildman–Crippen MR) is 69.0 cm³/mol. The van der Waals surface area contributed by atoms with E-state index >= 15 is 0 Å². The minimum atomic E-state index is -0.648. The third-order valence-corrected chi connectivity index (χ3v) is 5.00. The molecule has 0 amide bonds. The number of ether oxygens (including phenoxy) is 2. The lowest BCUT2D eigenvalue weighted by atomic mass is 9.54. The molecule has 4 aliphatic carbocycles. The number of rotatable bonds is 4. The Morgan fingerprint density at radius 3 is 2.70 bits per heavy atom. The molecular weight excluding hydrogens is 284 g/mol. The summed E-state index contributed by atoms with van der Waals surface area (Å²) >= 11 is 5.27. The van der Waals surface area contributed by atoms with Crippen molar-refractivity contribution in [1.82, 2.24) is 0 Å². The summed E-state index contributed by atoms with van der Waals surface area (Å²) in [4.78, 5) is 34.8. The number of alkyl halides is 1. The summed E-state index contributed by atoms with van der Waals surface area (Å²) < 4.78 is 10.1. The Labute approximate surface area is 121 Å². The SMILES string of the molecule is O=C(CCl)OCC(=O)OC1C2CC3CC(C2)C(=O)C1C3. The molecule has 4 saturated carbocycles. The van der Waals surface area contributed by atoms with Crippen LogP contribution >= 0.6 is 11.6 Å². The molecule has 4 fully saturated rings. The molecule has 5 atom stereocenters. The molecule has 110 valence electrons. The lowest BCUT2D eigenvalue weighted by Crippen LogP contribution is -2.55. The van der Waals surface area contributed by atoms with Crippen molar-refractivity contribution >= 4 is 29.3 Å². The van der Waals surface area contributed by atoms with Gasteiger partial charge < -0.3 is 9.47 Å². The number of carbonyl (C=O) groups is 3. The Balaban J connectivity index is 1.59. The van der Waals surface area contributed by atoms with E-state index in [1.54, 1.807) is 0 Å². The summed E-state index contributed by atoms with van der Waals surface area (Å²) in [5.41, 5.74) is 0. The maximum absolute atomic E-state index is 12.2. The Morgan fingerprint density at radius 1 is 1.15 bits per heavy atom. The molecule has 5 nitrogen and oxygen atoms in total. The van der Waals surface area contributed by atoms with Gasteiger partial charge in [0, 0.05) is 5.92 Å². The molecule has 0 aromatic rings. The first kappa shape index (κ1) is 13.9. The zero-order chi connectivity index (χ0) is 14.3. The van der Waals surface area contributed by atoms with Crippen LogP contribution in [-0.4, -0.2) is 36.3 Å². The quantitative estimate of drug-likeness (QED) is 0.578. The Kier molecular flexibility index (Phi) is 3.71. The van der Waals surface area contributed by atoms with E-state index in [9.17, 15) is 14.4 Å². The van der Waals surface area contributed by atoms with Crippen molar-refractivity contribution in [2.45, 2.75) is 31.8 Å². The fraction of sp³-hybridized carbons (Fsp3) is 0.786. The fourth-order valence-corrected chi connectivity index (χ4v) is 4.20. The molecule has 0 spiro atoms. The van der Waals surface area contributed by atoms with Gasteiger partial charge in [-0.3, -0.25) is 9.59 Å². The van der Waals surface area contributed by atoms with E-state index in [1.165, 1.54) is 0 Å². The van der Waals surface area contributed by atoms with E-state index < -0.39 is 18.5 Å². The molecule has 4 bridgehead atoms. The first-order chi connectivity index (χ1) is 9.58. The molecule has 4 aliphatic rings. The molecule has 0 aliphatic heterocycles. The number of halogens is 1. The van der Waals surface area contributed by atoms with Gasteiger partial charge in [-0.25, -0.2) is 4.79 Å². The van der Waals surface area contributed by atoms with Crippen molar-refractivity contribution in [2.75, 3.05) is 12.5 Å². The molecule has 0 heterocycles. The molecule has 0 radical (unpaired) electrons. The summed E-state index contributed by atoms with van der Waals surface area (Å²) in [6.07, 6.45) is 3.41. The van der Waals surface area contributed by atoms with Gasteiger partial charge in [0.2, 0.25) is 0 Å². The van der Waals surface area contributed by atoms with Gasteiger partial charge in [-0.2, -0.15) is 0 Å². The van der Waals surface area contributed by atoms with Crippen LogP contribution in [-0.2, 0) is 23.9 Å². The van der Waals surface area contributed by atoms with Crippen LogP contribution < -0.4 is 0 Å². The zero-order valence-electron chi connectivity index (χ0n) is 11.0. The smallest absolute Gasteiger partial charge is 0.344 e. The van der Waals surface area contributed by atoms with Gasteiger partial charge in [0.25, 0.3) is 0 Å². The fourth-order valence-electron chi connectivity index (χ4n) is 4.12. The summed E-state index contributed by atoms with van der Waals surface area (Å²) in [5, 5.41) is 0. The second-order valence-corrected chi connectivity index (χ2v) is 6.29. The van der Waals surface area contributed by atoms with Gasteiger partial charge in [0.15, 0.2) is 6.61 Å². The van der Waals surface area contributed by atoms with Crippen LogP contribution in [0.15, 0.2) is 0 Å². The Bertz CT molecular complexity index is 449. The molecular formula is C14H17ClO5. The molecule has 0 saturated heterocycles.